The van der Waals surface area contributed by atoms with Crippen molar-refractivity contribution in [1.29, 1.82) is 0 Å². The summed E-state index contributed by atoms with van der Waals surface area (Å²) in [7, 11) is -1.49. The van der Waals surface area contributed by atoms with Crippen molar-refractivity contribution in [1.82, 2.24) is 0 Å². The van der Waals surface area contributed by atoms with E-state index in [-0.39, 0.29) is 0 Å². The van der Waals surface area contributed by atoms with Gasteiger partial charge < -0.3 is 4.43 Å². The van der Waals surface area contributed by atoms with E-state index in [2.05, 4.69) is 25.2 Å². The second-order valence-electron chi connectivity index (χ2n) is 4.33. The Bertz CT molecular complexity index is 274. The van der Waals surface area contributed by atoms with Crippen LogP contribution < -0.4 is 0 Å². The lowest BCUT2D eigenvalue weighted by Gasteiger charge is -2.22. The lowest BCUT2D eigenvalue weighted by molar-refractivity contribution is 0.294. The Labute approximate surface area is 98.5 Å². The molecule has 0 aromatic heterocycles. The van der Waals surface area contributed by atoms with Gasteiger partial charge in [0.2, 0.25) is 0 Å². The van der Waals surface area contributed by atoms with Gasteiger partial charge in [-0.05, 0) is 31.1 Å². The van der Waals surface area contributed by atoms with Crippen molar-refractivity contribution in [3.05, 3.63) is 35.9 Å². The minimum absolute atomic E-state index is 0.738. The highest BCUT2D eigenvalue weighted by molar-refractivity contribution is 6.71. The first-order valence-electron chi connectivity index (χ1n) is 5.38. The number of benzene rings is 1. The minimum atomic E-state index is -1.49. The molecule has 0 aliphatic heterocycles. The quantitative estimate of drug-likeness (QED) is 0.541. The predicted octanol–water partition coefficient (Wildman–Crippen LogP) is 4.04. The number of hydrogen-bond acceptors (Lipinski definition) is 1. The summed E-state index contributed by atoms with van der Waals surface area (Å²) < 4.78 is 6.00. The molecular weight excluding hydrogens is 224 g/mol. The maximum atomic E-state index is 6.00. The van der Waals surface area contributed by atoms with E-state index in [1.165, 1.54) is 5.56 Å². The van der Waals surface area contributed by atoms with Gasteiger partial charge in [-0.1, -0.05) is 30.3 Å². The number of rotatable bonds is 6. The molecule has 0 fully saturated rings. The fraction of sp³-hybridized carbons (Fsp3) is 0.500. The molecule has 0 spiro atoms. The van der Waals surface area contributed by atoms with Crippen LogP contribution >= 0.6 is 11.6 Å². The van der Waals surface area contributed by atoms with E-state index in [4.69, 9.17) is 16.0 Å². The highest BCUT2D eigenvalue weighted by atomic mass is 35.5. The van der Waals surface area contributed by atoms with E-state index in [1.807, 2.05) is 18.2 Å². The summed E-state index contributed by atoms with van der Waals surface area (Å²) in [5.74, 6) is 0.741. The standard InChI is InChI=1S/C12H19ClOSi/c1-15(2,10-6-9-13)14-11-12-7-4-3-5-8-12/h3-5,7-8H,6,9-11H2,1-2H3. The van der Waals surface area contributed by atoms with Gasteiger partial charge in [-0.2, -0.15) is 0 Å². The molecule has 1 nitrogen and oxygen atoms in total. The molecule has 0 unspecified atom stereocenters. The molecule has 0 radical (unpaired) electrons. The summed E-state index contributed by atoms with van der Waals surface area (Å²) in [6.07, 6.45) is 1.07. The summed E-state index contributed by atoms with van der Waals surface area (Å²) in [5, 5.41) is 0. The average molecular weight is 243 g/mol. The van der Waals surface area contributed by atoms with Crippen LogP contribution in [-0.2, 0) is 11.0 Å². The third-order valence-corrected chi connectivity index (χ3v) is 5.14. The van der Waals surface area contributed by atoms with Gasteiger partial charge in [-0.3, -0.25) is 0 Å². The zero-order valence-corrected chi connectivity index (χ0v) is 11.3. The smallest absolute Gasteiger partial charge is 0.187 e. The van der Waals surface area contributed by atoms with Crippen LogP contribution in [0.3, 0.4) is 0 Å². The van der Waals surface area contributed by atoms with E-state index in [0.29, 0.717) is 0 Å². The first kappa shape index (κ1) is 12.8. The molecular formula is C12H19ClOSi. The van der Waals surface area contributed by atoms with E-state index in [1.54, 1.807) is 0 Å². The zero-order chi connectivity index (χ0) is 11.1. The third-order valence-electron chi connectivity index (χ3n) is 2.38. The Kier molecular flexibility index (Phi) is 5.36. The van der Waals surface area contributed by atoms with E-state index in [0.717, 1.165) is 25.0 Å². The molecule has 3 heteroatoms. The Morgan fingerprint density at radius 1 is 1.20 bits per heavy atom. The van der Waals surface area contributed by atoms with Gasteiger partial charge in [0.1, 0.15) is 0 Å². The maximum absolute atomic E-state index is 6.00. The van der Waals surface area contributed by atoms with Gasteiger partial charge in [-0.15, -0.1) is 11.6 Å². The molecule has 0 saturated heterocycles. The summed E-state index contributed by atoms with van der Waals surface area (Å²) in [6.45, 7) is 5.24. The minimum Gasteiger partial charge on any atom is -0.413 e. The van der Waals surface area contributed by atoms with E-state index < -0.39 is 8.32 Å². The van der Waals surface area contributed by atoms with Crippen LogP contribution in [0.2, 0.25) is 19.1 Å². The lowest BCUT2D eigenvalue weighted by Crippen LogP contribution is -2.29. The van der Waals surface area contributed by atoms with E-state index in [9.17, 15) is 0 Å². The predicted molar refractivity (Wildman–Crippen MR) is 68.9 cm³/mol. The molecule has 84 valence electrons. The SMILES string of the molecule is C[Si](C)(CCCCl)OCc1ccccc1. The molecule has 0 aliphatic rings. The molecule has 1 rings (SSSR count). The Balaban J connectivity index is 2.35. The molecule has 0 heterocycles. The Morgan fingerprint density at radius 3 is 2.47 bits per heavy atom. The van der Waals surface area contributed by atoms with Crippen LogP contribution in [-0.4, -0.2) is 14.2 Å². The second kappa shape index (κ2) is 6.31. The summed E-state index contributed by atoms with van der Waals surface area (Å²) in [5.41, 5.74) is 1.25. The summed E-state index contributed by atoms with van der Waals surface area (Å²) in [6, 6.07) is 11.5. The van der Waals surface area contributed by atoms with Gasteiger partial charge in [0.15, 0.2) is 8.32 Å². The number of halogens is 1. The van der Waals surface area contributed by atoms with Crippen LogP contribution in [0.1, 0.15) is 12.0 Å². The van der Waals surface area contributed by atoms with Crippen LogP contribution in [0.15, 0.2) is 30.3 Å². The van der Waals surface area contributed by atoms with Crippen LogP contribution in [0.4, 0.5) is 0 Å². The van der Waals surface area contributed by atoms with Gasteiger partial charge in [-0.25, -0.2) is 0 Å². The van der Waals surface area contributed by atoms with Crippen molar-refractivity contribution in [3.8, 4) is 0 Å². The molecule has 15 heavy (non-hydrogen) atoms. The second-order valence-corrected chi connectivity index (χ2v) is 9.01. The van der Waals surface area contributed by atoms with Crippen molar-refractivity contribution in [2.24, 2.45) is 0 Å². The van der Waals surface area contributed by atoms with Crippen molar-refractivity contribution in [2.45, 2.75) is 32.2 Å². The van der Waals surface area contributed by atoms with Gasteiger partial charge >= 0.3 is 0 Å². The highest BCUT2D eigenvalue weighted by Crippen LogP contribution is 2.16. The molecule has 0 atom stereocenters. The van der Waals surface area contributed by atoms with Crippen LogP contribution in [0, 0.1) is 0 Å². The van der Waals surface area contributed by atoms with Gasteiger partial charge in [0.05, 0.1) is 6.61 Å². The fourth-order valence-electron chi connectivity index (χ4n) is 1.42. The molecule has 1 aromatic rings. The topological polar surface area (TPSA) is 9.23 Å². The van der Waals surface area contributed by atoms with Crippen molar-refractivity contribution < 1.29 is 4.43 Å². The van der Waals surface area contributed by atoms with Crippen LogP contribution in [0.25, 0.3) is 0 Å². The number of hydrogen-bond donors (Lipinski definition) is 0. The third kappa shape index (κ3) is 5.35. The zero-order valence-electron chi connectivity index (χ0n) is 9.50. The number of alkyl halides is 1. The molecule has 0 N–H and O–H groups in total. The highest BCUT2D eigenvalue weighted by Gasteiger charge is 2.21. The average Bonchev–Trinajstić information content (AvgIpc) is 2.25. The fourth-order valence-corrected chi connectivity index (χ4v) is 3.51. The van der Waals surface area contributed by atoms with Crippen molar-refractivity contribution in [2.75, 3.05) is 5.88 Å². The summed E-state index contributed by atoms with van der Waals surface area (Å²) >= 11 is 5.69. The van der Waals surface area contributed by atoms with Crippen molar-refractivity contribution >= 4 is 19.9 Å². The Hall–Kier alpha value is -0.313. The molecule has 0 bridgehead atoms. The monoisotopic (exact) mass is 242 g/mol. The lowest BCUT2D eigenvalue weighted by atomic mass is 10.2. The maximum Gasteiger partial charge on any atom is 0.187 e. The largest absolute Gasteiger partial charge is 0.413 e. The molecule has 0 amide bonds. The first-order chi connectivity index (χ1) is 7.14. The normalized spacial score (nSPS) is 11.7. The van der Waals surface area contributed by atoms with Gasteiger partial charge in [0.25, 0.3) is 0 Å². The van der Waals surface area contributed by atoms with E-state index >= 15 is 0 Å². The first-order valence-corrected chi connectivity index (χ1v) is 9.03. The Morgan fingerprint density at radius 2 is 1.87 bits per heavy atom. The molecule has 0 aliphatic carbocycles. The summed E-state index contributed by atoms with van der Waals surface area (Å²) in [4.78, 5) is 0. The molecule has 1 aromatic carbocycles. The molecule has 0 saturated carbocycles. The van der Waals surface area contributed by atoms with Crippen molar-refractivity contribution in [3.63, 3.8) is 0 Å². The van der Waals surface area contributed by atoms with Gasteiger partial charge in [0, 0.05) is 5.88 Å². The van der Waals surface area contributed by atoms with Crippen LogP contribution in [0.5, 0.6) is 0 Å².